The average molecular weight is 493 g/mol. The fourth-order valence-electron chi connectivity index (χ4n) is 2.69. The molecule has 0 unspecified atom stereocenters. The van der Waals surface area contributed by atoms with Gasteiger partial charge in [0, 0.05) is 18.0 Å². The minimum atomic E-state index is -3.43. The number of benzene rings is 2. The maximum absolute atomic E-state index is 11.2. The summed E-state index contributed by atoms with van der Waals surface area (Å²) in [5.41, 5.74) is 2.61. The fourth-order valence-corrected chi connectivity index (χ4v) is 3.48. The molecule has 3 aromatic rings. The van der Waals surface area contributed by atoms with Crippen molar-refractivity contribution in [1.82, 2.24) is 9.97 Å². The number of ether oxygens (including phenoxy) is 2. The molecule has 32 heavy (non-hydrogen) atoms. The van der Waals surface area contributed by atoms with E-state index in [1.54, 1.807) is 24.3 Å². The molecular formula is C21H18Cl2N4O4S. The van der Waals surface area contributed by atoms with Crippen LogP contribution in [0.25, 0.3) is 11.1 Å². The van der Waals surface area contributed by atoms with Gasteiger partial charge < -0.3 is 9.47 Å². The lowest BCUT2D eigenvalue weighted by Gasteiger charge is -2.12. The van der Waals surface area contributed by atoms with Crippen LogP contribution in [0.1, 0.15) is 11.1 Å². The van der Waals surface area contributed by atoms with Crippen LogP contribution in [0.5, 0.6) is 11.5 Å². The second kappa shape index (κ2) is 10.5. The fraction of sp³-hybridized carbons (Fsp3) is 0.190. The quantitative estimate of drug-likeness (QED) is 0.444. The average Bonchev–Trinajstić information content (AvgIpc) is 2.76. The molecule has 1 aromatic heterocycles. The standard InChI is InChI=1S/C21H18Cl2N4O4S/c1-32(28,29)27-21-25-11-14(12-26-21)13-31-18-4-2-15(3-5-18)16-8-17(10-24)20(19(23)9-16)30-7-6-22/h2-5,8-9,11-12H,6-7,13H2,1H3,(H,25,26,27). The minimum absolute atomic E-state index is 0.00456. The van der Waals surface area contributed by atoms with Gasteiger partial charge in [-0.1, -0.05) is 23.7 Å². The zero-order valence-electron chi connectivity index (χ0n) is 16.9. The molecule has 0 spiro atoms. The Labute approximate surface area is 195 Å². The lowest BCUT2D eigenvalue weighted by molar-refractivity contribution is 0.305. The van der Waals surface area contributed by atoms with Crippen LogP contribution >= 0.6 is 23.2 Å². The van der Waals surface area contributed by atoms with Crippen molar-refractivity contribution in [2.45, 2.75) is 6.61 Å². The summed E-state index contributed by atoms with van der Waals surface area (Å²) in [5.74, 6) is 1.22. The molecule has 0 aliphatic rings. The van der Waals surface area contributed by atoms with Gasteiger partial charge in [0.05, 0.1) is 22.7 Å². The Morgan fingerprint density at radius 1 is 1.09 bits per heavy atom. The summed E-state index contributed by atoms with van der Waals surface area (Å²) in [6.45, 7) is 0.457. The first kappa shape index (κ1) is 23.6. The molecule has 0 bridgehead atoms. The number of aromatic nitrogens is 2. The van der Waals surface area contributed by atoms with Crippen LogP contribution in [0.4, 0.5) is 5.95 Å². The van der Waals surface area contributed by atoms with Crippen LogP contribution in [0.2, 0.25) is 5.02 Å². The van der Waals surface area contributed by atoms with Gasteiger partial charge in [0.25, 0.3) is 0 Å². The lowest BCUT2D eigenvalue weighted by Crippen LogP contribution is -2.12. The number of halogens is 2. The molecule has 0 atom stereocenters. The zero-order chi connectivity index (χ0) is 23.1. The largest absolute Gasteiger partial charge is 0.489 e. The van der Waals surface area contributed by atoms with E-state index in [4.69, 9.17) is 32.7 Å². The van der Waals surface area contributed by atoms with Gasteiger partial charge in [-0.05, 0) is 35.4 Å². The maximum Gasteiger partial charge on any atom is 0.236 e. The summed E-state index contributed by atoms with van der Waals surface area (Å²) in [6.07, 6.45) is 3.98. The Hall–Kier alpha value is -3.06. The van der Waals surface area contributed by atoms with E-state index in [0.717, 1.165) is 17.4 Å². The van der Waals surface area contributed by atoms with Crippen molar-refractivity contribution in [2.75, 3.05) is 23.5 Å². The number of hydrogen-bond acceptors (Lipinski definition) is 7. The molecule has 11 heteroatoms. The molecule has 1 heterocycles. The van der Waals surface area contributed by atoms with E-state index in [9.17, 15) is 13.7 Å². The van der Waals surface area contributed by atoms with Gasteiger partial charge in [0.2, 0.25) is 16.0 Å². The first-order valence-corrected chi connectivity index (χ1v) is 12.0. The van der Waals surface area contributed by atoms with Crippen molar-refractivity contribution in [3.63, 3.8) is 0 Å². The van der Waals surface area contributed by atoms with E-state index in [-0.39, 0.29) is 25.0 Å². The Morgan fingerprint density at radius 2 is 1.78 bits per heavy atom. The Balaban J connectivity index is 1.68. The third-order valence-corrected chi connectivity index (χ3v) is 5.05. The zero-order valence-corrected chi connectivity index (χ0v) is 19.2. The van der Waals surface area contributed by atoms with Crippen LogP contribution in [-0.2, 0) is 16.6 Å². The predicted octanol–water partition coefficient (Wildman–Crippen LogP) is 4.24. The Bertz CT molecular complexity index is 1230. The second-order valence-electron chi connectivity index (χ2n) is 6.59. The minimum Gasteiger partial charge on any atom is -0.489 e. The summed E-state index contributed by atoms with van der Waals surface area (Å²) in [5, 5.41) is 9.75. The highest BCUT2D eigenvalue weighted by Crippen LogP contribution is 2.34. The normalized spacial score (nSPS) is 10.9. The van der Waals surface area contributed by atoms with Crippen molar-refractivity contribution in [3.05, 3.63) is 64.9 Å². The third kappa shape index (κ3) is 6.47. The predicted molar refractivity (Wildman–Crippen MR) is 123 cm³/mol. The van der Waals surface area contributed by atoms with Crippen LogP contribution < -0.4 is 14.2 Å². The third-order valence-electron chi connectivity index (χ3n) is 4.06. The smallest absolute Gasteiger partial charge is 0.236 e. The molecule has 3 rings (SSSR count). The van der Waals surface area contributed by atoms with Gasteiger partial charge in [-0.15, -0.1) is 11.6 Å². The Kier molecular flexibility index (Phi) is 7.75. The molecule has 0 aliphatic heterocycles. The van der Waals surface area contributed by atoms with Crippen molar-refractivity contribution < 1.29 is 17.9 Å². The van der Waals surface area contributed by atoms with Crippen molar-refractivity contribution in [1.29, 1.82) is 5.26 Å². The summed E-state index contributed by atoms with van der Waals surface area (Å²) < 4.78 is 35.8. The van der Waals surface area contributed by atoms with E-state index in [1.165, 1.54) is 12.4 Å². The molecule has 0 amide bonds. The first-order valence-electron chi connectivity index (χ1n) is 9.23. The first-order chi connectivity index (χ1) is 15.3. The van der Waals surface area contributed by atoms with E-state index in [2.05, 4.69) is 20.8 Å². The monoisotopic (exact) mass is 492 g/mol. The number of alkyl halides is 1. The number of rotatable bonds is 9. The van der Waals surface area contributed by atoms with Gasteiger partial charge in [-0.3, -0.25) is 4.72 Å². The second-order valence-corrected chi connectivity index (χ2v) is 9.12. The van der Waals surface area contributed by atoms with Gasteiger partial charge in [-0.2, -0.15) is 5.26 Å². The van der Waals surface area contributed by atoms with E-state index in [0.29, 0.717) is 27.6 Å². The molecule has 0 radical (unpaired) electrons. The van der Waals surface area contributed by atoms with E-state index < -0.39 is 10.0 Å². The van der Waals surface area contributed by atoms with Crippen LogP contribution in [0.3, 0.4) is 0 Å². The molecule has 2 aromatic carbocycles. The summed E-state index contributed by atoms with van der Waals surface area (Å²) in [4.78, 5) is 7.89. The van der Waals surface area contributed by atoms with Gasteiger partial charge in [0.1, 0.15) is 25.0 Å². The molecular weight excluding hydrogens is 475 g/mol. The summed E-state index contributed by atoms with van der Waals surface area (Å²) >= 11 is 11.9. The number of anilines is 1. The van der Waals surface area contributed by atoms with Crippen LogP contribution in [-0.4, -0.2) is 37.1 Å². The van der Waals surface area contributed by atoms with Crippen LogP contribution in [0, 0.1) is 11.3 Å². The highest BCUT2D eigenvalue weighted by Gasteiger charge is 2.12. The SMILES string of the molecule is CS(=O)(=O)Nc1ncc(COc2ccc(-c3cc(Cl)c(OCCCl)c(C#N)c3)cc2)cn1. The van der Waals surface area contributed by atoms with E-state index in [1.807, 2.05) is 12.1 Å². The highest BCUT2D eigenvalue weighted by atomic mass is 35.5. The van der Waals surface area contributed by atoms with E-state index >= 15 is 0 Å². The number of nitrogens with zero attached hydrogens (tertiary/aromatic N) is 3. The van der Waals surface area contributed by atoms with Crippen molar-refractivity contribution in [2.24, 2.45) is 0 Å². The maximum atomic E-state index is 11.2. The number of hydrogen-bond donors (Lipinski definition) is 1. The summed E-state index contributed by atoms with van der Waals surface area (Å²) in [6, 6.07) is 12.8. The van der Waals surface area contributed by atoms with Crippen molar-refractivity contribution >= 4 is 39.2 Å². The number of nitriles is 1. The lowest BCUT2D eigenvalue weighted by atomic mass is 10.0. The number of nitrogens with one attached hydrogen (secondary N) is 1. The molecule has 0 saturated heterocycles. The molecule has 166 valence electrons. The molecule has 8 nitrogen and oxygen atoms in total. The van der Waals surface area contributed by atoms with Crippen LogP contribution in [0.15, 0.2) is 48.8 Å². The molecule has 0 aliphatic carbocycles. The molecule has 1 N–H and O–H groups in total. The molecule has 0 saturated carbocycles. The molecule has 0 fully saturated rings. The topological polar surface area (TPSA) is 114 Å². The Morgan fingerprint density at radius 3 is 2.38 bits per heavy atom. The van der Waals surface area contributed by atoms with Gasteiger partial charge in [-0.25, -0.2) is 18.4 Å². The van der Waals surface area contributed by atoms with Crippen molar-refractivity contribution in [3.8, 4) is 28.7 Å². The van der Waals surface area contributed by atoms with Gasteiger partial charge in [0.15, 0.2) is 5.75 Å². The summed E-state index contributed by atoms with van der Waals surface area (Å²) in [7, 11) is -3.43. The van der Waals surface area contributed by atoms with Gasteiger partial charge >= 0.3 is 0 Å². The number of sulfonamides is 1. The highest BCUT2D eigenvalue weighted by molar-refractivity contribution is 7.91.